The Morgan fingerprint density at radius 1 is 1.27 bits per heavy atom. The normalized spacial score (nSPS) is 23.8. The van der Waals surface area contributed by atoms with Crippen molar-refractivity contribution >= 4 is 17.6 Å². The van der Waals surface area contributed by atoms with Gasteiger partial charge in [0.25, 0.3) is 0 Å². The maximum atomic E-state index is 12.1. The summed E-state index contributed by atoms with van der Waals surface area (Å²) in [7, 11) is 1.83. The average Bonchev–Trinajstić information content (AvgIpc) is 2.95. The van der Waals surface area contributed by atoms with E-state index in [-0.39, 0.29) is 17.4 Å². The fourth-order valence-corrected chi connectivity index (χ4v) is 3.44. The lowest BCUT2D eigenvalue weighted by molar-refractivity contribution is -0.131. The zero-order valence-electron chi connectivity index (χ0n) is 12.8. The Hall–Kier alpha value is -2.30. The van der Waals surface area contributed by atoms with Crippen LogP contribution in [0, 0.1) is 5.41 Å². The zero-order valence-corrected chi connectivity index (χ0v) is 12.8. The minimum atomic E-state index is -0.202. The number of carbonyl (C=O) groups excluding carboxylic acids is 2. The van der Waals surface area contributed by atoms with Crippen molar-refractivity contribution < 1.29 is 9.59 Å². The van der Waals surface area contributed by atoms with E-state index in [1.807, 2.05) is 37.4 Å². The molecular weight excluding hydrogens is 278 g/mol. The highest BCUT2D eigenvalue weighted by Gasteiger charge is 2.44. The summed E-state index contributed by atoms with van der Waals surface area (Å²) in [5.41, 5.74) is 1.76. The van der Waals surface area contributed by atoms with Crippen LogP contribution in [0.3, 0.4) is 0 Å². The molecular formula is C17H21N3O2. The highest BCUT2D eigenvalue weighted by molar-refractivity contribution is 5.89. The highest BCUT2D eigenvalue weighted by atomic mass is 16.2. The molecule has 3 amide bonds. The Kier molecular flexibility index (Phi) is 3.88. The van der Waals surface area contributed by atoms with Gasteiger partial charge in [0.2, 0.25) is 5.91 Å². The van der Waals surface area contributed by atoms with Gasteiger partial charge in [-0.3, -0.25) is 4.79 Å². The van der Waals surface area contributed by atoms with Crippen LogP contribution in [0.5, 0.6) is 0 Å². The second-order valence-electron chi connectivity index (χ2n) is 6.03. The van der Waals surface area contributed by atoms with Crippen LogP contribution >= 0.6 is 0 Å². The van der Waals surface area contributed by atoms with Crippen LogP contribution in [-0.2, 0) is 4.79 Å². The van der Waals surface area contributed by atoms with E-state index in [1.165, 1.54) is 0 Å². The lowest BCUT2D eigenvalue weighted by Crippen LogP contribution is -2.47. The molecule has 1 saturated heterocycles. The van der Waals surface area contributed by atoms with Crippen molar-refractivity contribution in [2.45, 2.75) is 25.7 Å². The van der Waals surface area contributed by atoms with Crippen molar-refractivity contribution in [1.82, 2.24) is 10.2 Å². The van der Waals surface area contributed by atoms with Gasteiger partial charge in [-0.1, -0.05) is 24.3 Å². The quantitative estimate of drug-likeness (QED) is 0.901. The number of hydrogen-bond acceptors (Lipinski definition) is 2. The summed E-state index contributed by atoms with van der Waals surface area (Å²) < 4.78 is 0. The minimum Gasteiger partial charge on any atom is -0.337 e. The molecule has 116 valence electrons. The van der Waals surface area contributed by atoms with Crippen molar-refractivity contribution in [1.29, 1.82) is 0 Å². The smallest absolute Gasteiger partial charge is 0.319 e. The number of fused-ring (bicyclic) bond motifs is 1. The van der Waals surface area contributed by atoms with Crippen LogP contribution < -0.4 is 10.6 Å². The third kappa shape index (κ3) is 2.71. The average molecular weight is 299 g/mol. The zero-order chi connectivity index (χ0) is 15.6. The molecule has 2 N–H and O–H groups in total. The molecule has 22 heavy (non-hydrogen) atoms. The standard InChI is InChI=1S/C17H21N3O2/c1-20-14-8-5-10-17(14,11-9-15(20)21)12-18-16(22)19-13-6-3-2-4-7-13/h2-4,6-8H,5,9-12H2,1H3,(H2,18,19,22). The summed E-state index contributed by atoms with van der Waals surface area (Å²) in [6, 6.07) is 9.18. The van der Waals surface area contributed by atoms with Crippen LogP contribution in [0.1, 0.15) is 25.7 Å². The largest absolute Gasteiger partial charge is 0.337 e. The van der Waals surface area contributed by atoms with E-state index < -0.39 is 0 Å². The predicted octanol–water partition coefficient (Wildman–Crippen LogP) is 2.72. The first-order valence-electron chi connectivity index (χ1n) is 7.68. The fraction of sp³-hybridized carbons (Fsp3) is 0.412. The Labute approximate surface area is 130 Å². The molecule has 1 aromatic carbocycles. The van der Waals surface area contributed by atoms with Gasteiger partial charge in [0.1, 0.15) is 0 Å². The molecule has 1 heterocycles. The van der Waals surface area contributed by atoms with Crippen LogP contribution in [0.4, 0.5) is 10.5 Å². The molecule has 0 spiro atoms. The number of anilines is 1. The Morgan fingerprint density at radius 3 is 2.82 bits per heavy atom. The van der Waals surface area contributed by atoms with Gasteiger partial charge in [0.15, 0.2) is 0 Å². The topological polar surface area (TPSA) is 61.4 Å². The van der Waals surface area contributed by atoms with Crippen LogP contribution in [-0.4, -0.2) is 30.4 Å². The predicted molar refractivity (Wildman–Crippen MR) is 85.2 cm³/mol. The third-order valence-corrected chi connectivity index (χ3v) is 4.68. The molecule has 1 aliphatic carbocycles. The van der Waals surface area contributed by atoms with Crippen LogP contribution in [0.15, 0.2) is 42.1 Å². The maximum absolute atomic E-state index is 12.1. The molecule has 1 fully saturated rings. The number of rotatable bonds is 3. The third-order valence-electron chi connectivity index (χ3n) is 4.68. The van der Waals surface area contributed by atoms with E-state index in [2.05, 4.69) is 16.7 Å². The van der Waals surface area contributed by atoms with E-state index >= 15 is 0 Å². The van der Waals surface area contributed by atoms with Crippen molar-refractivity contribution in [3.8, 4) is 0 Å². The molecule has 1 aromatic rings. The highest BCUT2D eigenvalue weighted by Crippen LogP contribution is 2.46. The molecule has 1 unspecified atom stereocenters. The van der Waals surface area contributed by atoms with Gasteiger partial charge in [-0.25, -0.2) is 4.79 Å². The lowest BCUT2D eigenvalue weighted by Gasteiger charge is -2.41. The first kappa shape index (κ1) is 14.6. The van der Waals surface area contributed by atoms with Gasteiger partial charge in [0.05, 0.1) is 0 Å². The second-order valence-corrected chi connectivity index (χ2v) is 6.03. The number of nitrogens with zero attached hydrogens (tertiary/aromatic N) is 1. The Bertz CT molecular complexity index is 612. The van der Waals surface area contributed by atoms with Crippen molar-refractivity contribution in [2.75, 3.05) is 18.9 Å². The summed E-state index contributed by atoms with van der Waals surface area (Å²) in [4.78, 5) is 25.7. The summed E-state index contributed by atoms with van der Waals surface area (Å²) in [5.74, 6) is 0.164. The van der Waals surface area contributed by atoms with Gasteiger partial charge < -0.3 is 15.5 Å². The lowest BCUT2D eigenvalue weighted by atomic mass is 9.77. The van der Waals surface area contributed by atoms with Crippen LogP contribution in [0.25, 0.3) is 0 Å². The van der Waals surface area contributed by atoms with E-state index in [4.69, 9.17) is 0 Å². The number of hydrogen-bond donors (Lipinski definition) is 2. The summed E-state index contributed by atoms with van der Waals surface area (Å²) in [6.07, 6.45) is 5.46. The number of para-hydroxylation sites is 1. The van der Waals surface area contributed by atoms with Gasteiger partial charge >= 0.3 is 6.03 Å². The first-order chi connectivity index (χ1) is 10.6. The maximum Gasteiger partial charge on any atom is 0.319 e. The number of piperidine rings is 1. The van der Waals surface area contributed by atoms with Crippen LogP contribution in [0.2, 0.25) is 0 Å². The number of nitrogens with one attached hydrogen (secondary N) is 2. The summed E-state index contributed by atoms with van der Waals surface area (Å²) >= 11 is 0. The number of amides is 3. The molecule has 0 saturated carbocycles. The molecule has 5 heteroatoms. The molecule has 5 nitrogen and oxygen atoms in total. The number of urea groups is 1. The fourth-order valence-electron chi connectivity index (χ4n) is 3.44. The number of carbonyl (C=O) groups is 2. The van der Waals surface area contributed by atoms with E-state index in [0.29, 0.717) is 13.0 Å². The van der Waals surface area contributed by atoms with E-state index in [0.717, 1.165) is 30.6 Å². The number of benzene rings is 1. The van der Waals surface area contributed by atoms with E-state index in [9.17, 15) is 9.59 Å². The molecule has 0 bridgehead atoms. The molecule has 2 aliphatic rings. The summed E-state index contributed by atoms with van der Waals surface area (Å²) in [6.45, 7) is 0.565. The van der Waals surface area contributed by atoms with Crippen molar-refractivity contribution in [3.63, 3.8) is 0 Å². The molecule has 0 aromatic heterocycles. The molecule has 1 atom stereocenters. The Balaban J connectivity index is 1.62. The molecule has 0 radical (unpaired) electrons. The SMILES string of the molecule is CN1C(=O)CCC2(CNC(=O)Nc3ccccc3)CCC=C12. The Morgan fingerprint density at radius 2 is 2.05 bits per heavy atom. The van der Waals surface area contributed by atoms with Gasteiger partial charge in [-0.2, -0.15) is 0 Å². The summed E-state index contributed by atoms with van der Waals surface area (Å²) in [5, 5.41) is 5.80. The molecule has 1 aliphatic heterocycles. The van der Waals surface area contributed by atoms with Gasteiger partial charge in [0, 0.05) is 36.8 Å². The second kappa shape index (κ2) is 5.83. The van der Waals surface area contributed by atoms with Crippen molar-refractivity contribution in [2.24, 2.45) is 5.41 Å². The van der Waals surface area contributed by atoms with E-state index in [1.54, 1.807) is 4.90 Å². The van der Waals surface area contributed by atoms with Gasteiger partial charge in [-0.05, 0) is 31.4 Å². The molecule has 3 rings (SSSR count). The number of allylic oxidation sites excluding steroid dienone is 1. The van der Waals surface area contributed by atoms with Crippen molar-refractivity contribution in [3.05, 3.63) is 42.1 Å². The first-order valence-corrected chi connectivity index (χ1v) is 7.68. The minimum absolute atomic E-state index is 0.0866. The monoisotopic (exact) mass is 299 g/mol. The number of likely N-dealkylation sites (tertiary alicyclic amines) is 1. The van der Waals surface area contributed by atoms with Gasteiger partial charge in [-0.15, -0.1) is 0 Å².